The highest BCUT2D eigenvalue weighted by Crippen LogP contribution is 2.40. The molecule has 0 spiro atoms. The highest BCUT2D eigenvalue weighted by molar-refractivity contribution is 5.91. The van der Waals surface area contributed by atoms with Gasteiger partial charge in [0.15, 0.2) is 0 Å². The Labute approximate surface area is 170 Å². The van der Waals surface area contributed by atoms with Crippen molar-refractivity contribution in [2.24, 2.45) is 5.73 Å². The van der Waals surface area contributed by atoms with Gasteiger partial charge in [-0.25, -0.2) is 4.98 Å². The SMILES string of the molecule is Cc1cccc(-c2cncc(-c3nc4c(C)cccc4[nH]3)c2N2CC[C@H](N)C2)c1. The molecule has 0 unspecified atom stereocenters. The van der Waals surface area contributed by atoms with Gasteiger partial charge in [-0.05, 0) is 37.5 Å². The summed E-state index contributed by atoms with van der Waals surface area (Å²) < 4.78 is 0. The molecule has 146 valence electrons. The van der Waals surface area contributed by atoms with Crippen LogP contribution in [0.15, 0.2) is 54.9 Å². The number of aryl methyl sites for hydroxylation is 2. The maximum Gasteiger partial charge on any atom is 0.142 e. The number of anilines is 1. The molecule has 2 aromatic heterocycles. The van der Waals surface area contributed by atoms with Crippen LogP contribution in [-0.4, -0.2) is 34.1 Å². The van der Waals surface area contributed by atoms with Gasteiger partial charge >= 0.3 is 0 Å². The molecule has 0 aliphatic carbocycles. The fraction of sp³-hybridized carbons (Fsp3) is 0.250. The summed E-state index contributed by atoms with van der Waals surface area (Å²) in [4.78, 5) is 15.4. The summed E-state index contributed by atoms with van der Waals surface area (Å²) >= 11 is 0. The monoisotopic (exact) mass is 383 g/mol. The van der Waals surface area contributed by atoms with Crippen LogP contribution >= 0.6 is 0 Å². The average Bonchev–Trinajstić information content (AvgIpc) is 3.34. The van der Waals surface area contributed by atoms with Crippen LogP contribution < -0.4 is 10.6 Å². The number of fused-ring (bicyclic) bond motifs is 1. The number of aromatic nitrogens is 3. The second kappa shape index (κ2) is 7.01. The van der Waals surface area contributed by atoms with Gasteiger partial charge in [0.1, 0.15) is 5.82 Å². The highest BCUT2D eigenvalue weighted by Gasteiger charge is 2.26. The van der Waals surface area contributed by atoms with E-state index >= 15 is 0 Å². The van der Waals surface area contributed by atoms with E-state index < -0.39 is 0 Å². The van der Waals surface area contributed by atoms with Crippen molar-refractivity contribution in [2.45, 2.75) is 26.3 Å². The van der Waals surface area contributed by atoms with E-state index in [9.17, 15) is 0 Å². The molecule has 1 fully saturated rings. The number of hydrogen-bond donors (Lipinski definition) is 2. The normalized spacial score (nSPS) is 16.7. The second-order valence-corrected chi connectivity index (χ2v) is 8.00. The van der Waals surface area contributed by atoms with Crippen LogP contribution in [-0.2, 0) is 0 Å². The smallest absolute Gasteiger partial charge is 0.142 e. The molecule has 0 radical (unpaired) electrons. The first kappa shape index (κ1) is 17.9. The summed E-state index contributed by atoms with van der Waals surface area (Å²) in [6.07, 6.45) is 4.88. The minimum atomic E-state index is 0.194. The Morgan fingerprint density at radius 3 is 2.66 bits per heavy atom. The van der Waals surface area contributed by atoms with Crippen molar-refractivity contribution in [3.63, 3.8) is 0 Å². The van der Waals surface area contributed by atoms with Crippen LogP contribution in [0.2, 0.25) is 0 Å². The Bertz CT molecular complexity index is 1190. The van der Waals surface area contributed by atoms with E-state index in [-0.39, 0.29) is 6.04 Å². The summed E-state index contributed by atoms with van der Waals surface area (Å²) in [7, 11) is 0. The summed E-state index contributed by atoms with van der Waals surface area (Å²) in [5, 5.41) is 0. The van der Waals surface area contributed by atoms with Gasteiger partial charge in [0.05, 0.1) is 22.3 Å². The van der Waals surface area contributed by atoms with E-state index in [1.807, 2.05) is 12.4 Å². The van der Waals surface area contributed by atoms with Crippen LogP contribution in [0.25, 0.3) is 33.5 Å². The topological polar surface area (TPSA) is 70.8 Å². The van der Waals surface area contributed by atoms with Crippen LogP contribution in [0.5, 0.6) is 0 Å². The lowest BCUT2D eigenvalue weighted by Crippen LogP contribution is -2.27. The number of para-hydroxylation sites is 1. The van der Waals surface area contributed by atoms with Gasteiger partial charge in [0.25, 0.3) is 0 Å². The second-order valence-electron chi connectivity index (χ2n) is 8.00. The molecule has 1 saturated heterocycles. The Kier molecular flexibility index (Phi) is 4.32. The number of pyridine rings is 1. The predicted molar refractivity (Wildman–Crippen MR) is 119 cm³/mol. The van der Waals surface area contributed by atoms with Gasteiger partial charge in [-0.3, -0.25) is 4.98 Å². The van der Waals surface area contributed by atoms with Crippen molar-refractivity contribution < 1.29 is 0 Å². The number of aromatic amines is 1. The molecule has 5 heteroatoms. The summed E-state index contributed by atoms with van der Waals surface area (Å²) in [6, 6.07) is 15.0. The number of hydrogen-bond acceptors (Lipinski definition) is 4. The van der Waals surface area contributed by atoms with Gasteiger partial charge in [-0.1, -0.05) is 42.0 Å². The lowest BCUT2D eigenvalue weighted by Gasteiger charge is -2.24. The highest BCUT2D eigenvalue weighted by atomic mass is 15.2. The molecular formula is C24H25N5. The maximum absolute atomic E-state index is 6.26. The molecule has 0 amide bonds. The van der Waals surface area contributed by atoms with E-state index in [4.69, 9.17) is 10.7 Å². The van der Waals surface area contributed by atoms with E-state index in [1.165, 1.54) is 11.1 Å². The maximum atomic E-state index is 6.26. The van der Waals surface area contributed by atoms with Gasteiger partial charge in [0.2, 0.25) is 0 Å². The number of benzene rings is 2. The van der Waals surface area contributed by atoms with Crippen molar-refractivity contribution in [2.75, 3.05) is 18.0 Å². The molecule has 5 nitrogen and oxygen atoms in total. The molecule has 3 N–H and O–H groups in total. The van der Waals surface area contributed by atoms with Crippen LogP contribution in [0.3, 0.4) is 0 Å². The molecule has 0 saturated carbocycles. The third kappa shape index (κ3) is 3.17. The fourth-order valence-corrected chi connectivity index (χ4v) is 4.29. The molecular weight excluding hydrogens is 358 g/mol. The molecule has 3 heterocycles. The van der Waals surface area contributed by atoms with Crippen molar-refractivity contribution in [3.05, 3.63) is 66.0 Å². The Hall–Kier alpha value is -3.18. The minimum Gasteiger partial charge on any atom is -0.369 e. The van der Waals surface area contributed by atoms with Crippen molar-refractivity contribution in [1.82, 2.24) is 15.0 Å². The molecule has 1 aliphatic heterocycles. The van der Waals surface area contributed by atoms with Gasteiger partial charge in [-0.2, -0.15) is 0 Å². The minimum absolute atomic E-state index is 0.194. The Morgan fingerprint density at radius 1 is 1.07 bits per heavy atom. The first-order valence-electron chi connectivity index (χ1n) is 10.1. The fourth-order valence-electron chi connectivity index (χ4n) is 4.29. The van der Waals surface area contributed by atoms with E-state index in [2.05, 4.69) is 71.2 Å². The van der Waals surface area contributed by atoms with Gasteiger partial charge in [0, 0.05) is 37.1 Å². The van der Waals surface area contributed by atoms with Crippen LogP contribution in [0.1, 0.15) is 17.5 Å². The molecule has 29 heavy (non-hydrogen) atoms. The quantitative estimate of drug-likeness (QED) is 0.548. The lowest BCUT2D eigenvalue weighted by atomic mass is 10.00. The standard InChI is InChI=1S/C24H25N5/c1-15-5-3-7-17(11-15)19-12-26-13-20(23(19)29-10-9-18(25)14-29)24-27-21-8-4-6-16(2)22(21)28-24/h3-8,11-13,18H,9-10,14,25H2,1-2H3,(H,27,28)/t18-/m0/s1. The largest absolute Gasteiger partial charge is 0.369 e. The number of nitrogens with one attached hydrogen (secondary N) is 1. The molecule has 0 bridgehead atoms. The Morgan fingerprint density at radius 2 is 1.90 bits per heavy atom. The van der Waals surface area contributed by atoms with Gasteiger partial charge in [-0.15, -0.1) is 0 Å². The number of rotatable bonds is 3. The van der Waals surface area contributed by atoms with Crippen molar-refractivity contribution in [1.29, 1.82) is 0 Å². The lowest BCUT2D eigenvalue weighted by molar-refractivity contribution is 0.752. The summed E-state index contributed by atoms with van der Waals surface area (Å²) in [5.41, 5.74) is 15.2. The average molecular weight is 383 g/mol. The van der Waals surface area contributed by atoms with Crippen LogP contribution in [0.4, 0.5) is 5.69 Å². The molecule has 5 rings (SSSR count). The predicted octanol–water partition coefficient (Wildman–Crippen LogP) is 4.45. The summed E-state index contributed by atoms with van der Waals surface area (Å²) in [5.74, 6) is 0.853. The third-order valence-corrected chi connectivity index (χ3v) is 5.76. The molecule has 2 aromatic carbocycles. The van der Waals surface area contributed by atoms with E-state index in [0.717, 1.165) is 58.7 Å². The molecule has 1 aliphatic rings. The number of H-pyrrole nitrogens is 1. The van der Waals surface area contributed by atoms with Crippen LogP contribution in [0, 0.1) is 13.8 Å². The number of nitrogens with two attached hydrogens (primary N) is 1. The van der Waals surface area contributed by atoms with Gasteiger partial charge < -0.3 is 15.6 Å². The zero-order valence-corrected chi connectivity index (χ0v) is 16.8. The first-order valence-corrected chi connectivity index (χ1v) is 10.1. The number of imidazole rings is 1. The summed E-state index contributed by atoms with van der Waals surface area (Å²) in [6.45, 7) is 5.99. The molecule has 1 atom stereocenters. The van der Waals surface area contributed by atoms with E-state index in [1.54, 1.807) is 0 Å². The zero-order chi connectivity index (χ0) is 20.0. The third-order valence-electron chi connectivity index (χ3n) is 5.76. The number of nitrogens with zero attached hydrogens (tertiary/aromatic N) is 3. The molecule has 4 aromatic rings. The Balaban J connectivity index is 1.74. The first-order chi connectivity index (χ1) is 14.1. The van der Waals surface area contributed by atoms with Crippen molar-refractivity contribution >= 4 is 16.7 Å². The zero-order valence-electron chi connectivity index (χ0n) is 16.8. The van der Waals surface area contributed by atoms with E-state index in [0.29, 0.717) is 0 Å². The van der Waals surface area contributed by atoms with Crippen molar-refractivity contribution in [3.8, 4) is 22.5 Å².